The lowest BCUT2D eigenvalue weighted by Crippen LogP contribution is -2.36. The summed E-state index contributed by atoms with van der Waals surface area (Å²) in [6.45, 7) is 4.00. The first-order chi connectivity index (χ1) is 12.1. The highest BCUT2D eigenvalue weighted by Crippen LogP contribution is 2.47. The van der Waals surface area contributed by atoms with Gasteiger partial charge in [-0.15, -0.1) is 0 Å². The molecule has 0 heterocycles. The van der Waals surface area contributed by atoms with E-state index in [0.717, 1.165) is 48.3 Å². The van der Waals surface area contributed by atoms with Crippen LogP contribution in [0.15, 0.2) is 36.4 Å². The maximum atomic E-state index is 13.2. The zero-order valence-corrected chi connectivity index (χ0v) is 15.5. The molecular weight excluding hydrogens is 312 g/mol. The van der Waals surface area contributed by atoms with Gasteiger partial charge in [0, 0.05) is 11.0 Å². The van der Waals surface area contributed by atoms with Gasteiger partial charge in [0.1, 0.15) is 11.5 Å². The second-order valence-corrected chi connectivity index (χ2v) is 6.62. The van der Waals surface area contributed by atoms with Gasteiger partial charge in [-0.2, -0.15) is 0 Å². The quantitative estimate of drug-likeness (QED) is 0.800. The van der Waals surface area contributed by atoms with E-state index in [1.165, 1.54) is 11.1 Å². The average molecular weight is 338 g/mol. The van der Waals surface area contributed by atoms with E-state index in [9.17, 15) is 4.79 Å². The molecule has 25 heavy (non-hydrogen) atoms. The molecule has 132 valence electrons. The monoisotopic (exact) mass is 338 g/mol. The van der Waals surface area contributed by atoms with E-state index in [1.54, 1.807) is 14.2 Å². The second-order valence-electron chi connectivity index (χ2n) is 6.62. The fourth-order valence-electron chi connectivity index (χ4n) is 4.08. The molecule has 0 bridgehead atoms. The number of carbonyl (C=O) groups excluding carboxylic acids is 1. The number of ether oxygens (including phenoxy) is 2. The summed E-state index contributed by atoms with van der Waals surface area (Å²) in [4.78, 5) is 13.2. The lowest BCUT2D eigenvalue weighted by molar-refractivity contribution is 0.0770. The summed E-state index contributed by atoms with van der Waals surface area (Å²) in [5.74, 6) is 1.89. The van der Waals surface area contributed by atoms with Crippen molar-refractivity contribution in [1.82, 2.24) is 0 Å². The van der Waals surface area contributed by atoms with Crippen LogP contribution in [0.2, 0.25) is 0 Å². The smallest absolute Gasteiger partial charge is 0.170 e. The lowest BCUT2D eigenvalue weighted by Gasteiger charge is -2.33. The number of Topliss-reactive ketones (excluding diaryl/α,β-unsaturated/α-hetero) is 1. The minimum Gasteiger partial charge on any atom is -0.497 e. The average Bonchev–Trinajstić information content (AvgIpc) is 3.04. The molecule has 1 unspecified atom stereocenters. The third-order valence-corrected chi connectivity index (χ3v) is 5.39. The molecule has 1 spiro atoms. The van der Waals surface area contributed by atoms with Crippen LogP contribution in [0.25, 0.3) is 0 Å². The molecule has 0 saturated heterocycles. The van der Waals surface area contributed by atoms with Crippen LogP contribution in [0.1, 0.15) is 47.3 Å². The number of carbonyl (C=O) groups is 1. The van der Waals surface area contributed by atoms with E-state index < -0.39 is 0 Å². The minimum absolute atomic E-state index is 0.271. The topological polar surface area (TPSA) is 35.5 Å². The Kier molecular flexibility index (Phi) is 4.85. The SMILES string of the molecule is CC.COc1ccc2c(c1)CC1(CCc3ccc(OC)cc3C1=O)C2. The van der Waals surface area contributed by atoms with E-state index in [2.05, 4.69) is 12.1 Å². The molecule has 4 rings (SSSR count). The summed E-state index contributed by atoms with van der Waals surface area (Å²) in [6, 6.07) is 12.1. The molecule has 0 radical (unpaired) electrons. The molecule has 0 N–H and O–H groups in total. The number of hydrogen-bond acceptors (Lipinski definition) is 3. The van der Waals surface area contributed by atoms with Gasteiger partial charge in [-0.3, -0.25) is 4.79 Å². The molecule has 2 aromatic rings. The molecule has 2 aromatic carbocycles. The van der Waals surface area contributed by atoms with E-state index in [1.807, 2.05) is 38.1 Å². The maximum Gasteiger partial charge on any atom is 0.170 e. The van der Waals surface area contributed by atoms with Crippen LogP contribution in [-0.4, -0.2) is 20.0 Å². The van der Waals surface area contributed by atoms with Crippen molar-refractivity contribution in [2.45, 2.75) is 39.5 Å². The van der Waals surface area contributed by atoms with Crippen molar-refractivity contribution in [2.24, 2.45) is 5.41 Å². The number of ketones is 1. The highest BCUT2D eigenvalue weighted by Gasteiger charge is 2.46. The van der Waals surface area contributed by atoms with Crippen molar-refractivity contribution in [3.63, 3.8) is 0 Å². The van der Waals surface area contributed by atoms with Crippen LogP contribution >= 0.6 is 0 Å². The van der Waals surface area contributed by atoms with Crippen molar-refractivity contribution < 1.29 is 14.3 Å². The summed E-state index contributed by atoms with van der Waals surface area (Å²) < 4.78 is 10.6. The van der Waals surface area contributed by atoms with Crippen molar-refractivity contribution in [3.05, 3.63) is 58.7 Å². The van der Waals surface area contributed by atoms with Crippen LogP contribution < -0.4 is 9.47 Å². The second kappa shape index (κ2) is 6.91. The molecule has 0 saturated carbocycles. The number of hydrogen-bond donors (Lipinski definition) is 0. The molecule has 2 aliphatic carbocycles. The molecule has 2 aliphatic rings. The van der Waals surface area contributed by atoms with E-state index >= 15 is 0 Å². The van der Waals surface area contributed by atoms with E-state index in [-0.39, 0.29) is 11.2 Å². The van der Waals surface area contributed by atoms with Gasteiger partial charge in [-0.05, 0) is 66.6 Å². The Morgan fingerprint density at radius 3 is 2.12 bits per heavy atom. The Morgan fingerprint density at radius 1 is 0.840 bits per heavy atom. The third kappa shape index (κ3) is 2.92. The lowest BCUT2D eigenvalue weighted by atomic mass is 9.68. The Bertz CT molecular complexity index is 794. The van der Waals surface area contributed by atoms with E-state index in [4.69, 9.17) is 9.47 Å². The van der Waals surface area contributed by atoms with Crippen LogP contribution in [0.4, 0.5) is 0 Å². The Balaban J connectivity index is 0.000000880. The maximum absolute atomic E-state index is 13.2. The van der Waals surface area contributed by atoms with Gasteiger partial charge in [-0.25, -0.2) is 0 Å². The zero-order valence-electron chi connectivity index (χ0n) is 15.5. The summed E-state index contributed by atoms with van der Waals surface area (Å²) in [5.41, 5.74) is 4.24. The summed E-state index contributed by atoms with van der Waals surface area (Å²) in [6.07, 6.45) is 3.52. The predicted octanol–water partition coefficient (Wildman–Crippen LogP) is 4.64. The Hall–Kier alpha value is -2.29. The largest absolute Gasteiger partial charge is 0.497 e. The van der Waals surface area contributed by atoms with Gasteiger partial charge >= 0.3 is 0 Å². The highest BCUT2D eigenvalue weighted by molar-refractivity contribution is 6.04. The van der Waals surface area contributed by atoms with Crippen LogP contribution in [0.5, 0.6) is 11.5 Å². The van der Waals surface area contributed by atoms with Crippen molar-refractivity contribution in [1.29, 1.82) is 0 Å². The Morgan fingerprint density at radius 2 is 1.44 bits per heavy atom. The fourth-order valence-corrected chi connectivity index (χ4v) is 4.08. The summed E-state index contributed by atoms with van der Waals surface area (Å²) >= 11 is 0. The molecule has 0 fully saturated rings. The van der Waals surface area contributed by atoms with Crippen molar-refractivity contribution in [2.75, 3.05) is 14.2 Å². The van der Waals surface area contributed by atoms with Gasteiger partial charge < -0.3 is 9.47 Å². The standard InChI is InChI=1S/C20H20O3.C2H6/c1-22-16-6-4-14-11-20(12-15(14)9-16)8-7-13-3-5-17(23-2)10-18(13)19(20)21;1-2/h3-6,9-10H,7-8,11-12H2,1-2H3;1-2H3. The predicted molar refractivity (Wildman–Crippen MR) is 99.8 cm³/mol. The van der Waals surface area contributed by atoms with Gasteiger partial charge in [-0.1, -0.05) is 26.0 Å². The number of rotatable bonds is 2. The normalized spacial score (nSPS) is 20.4. The van der Waals surface area contributed by atoms with Crippen molar-refractivity contribution in [3.8, 4) is 11.5 Å². The van der Waals surface area contributed by atoms with Gasteiger partial charge in [0.2, 0.25) is 0 Å². The van der Waals surface area contributed by atoms with Gasteiger partial charge in [0.05, 0.1) is 14.2 Å². The number of benzene rings is 2. The van der Waals surface area contributed by atoms with Gasteiger partial charge in [0.25, 0.3) is 0 Å². The summed E-state index contributed by atoms with van der Waals surface area (Å²) in [5, 5.41) is 0. The van der Waals surface area contributed by atoms with Crippen LogP contribution in [-0.2, 0) is 19.3 Å². The fraction of sp³-hybridized carbons (Fsp3) is 0.409. The molecule has 0 amide bonds. The molecule has 3 nitrogen and oxygen atoms in total. The first kappa shape index (κ1) is 17.5. The highest BCUT2D eigenvalue weighted by atomic mass is 16.5. The summed E-state index contributed by atoms with van der Waals surface area (Å²) in [7, 11) is 3.32. The molecular formula is C22H26O3. The minimum atomic E-state index is -0.284. The van der Waals surface area contributed by atoms with E-state index in [0.29, 0.717) is 0 Å². The number of fused-ring (bicyclic) bond motifs is 2. The molecule has 0 aromatic heterocycles. The molecule has 0 aliphatic heterocycles. The van der Waals surface area contributed by atoms with Crippen LogP contribution in [0, 0.1) is 5.41 Å². The molecule has 1 atom stereocenters. The number of methoxy groups -OCH3 is 2. The third-order valence-electron chi connectivity index (χ3n) is 5.39. The number of aryl methyl sites for hydroxylation is 1. The first-order valence-corrected chi connectivity index (χ1v) is 9.03. The molecule has 3 heteroatoms. The van der Waals surface area contributed by atoms with Crippen molar-refractivity contribution >= 4 is 5.78 Å². The Labute approximate surface area is 150 Å². The van der Waals surface area contributed by atoms with Crippen LogP contribution in [0.3, 0.4) is 0 Å². The zero-order chi connectivity index (χ0) is 18.0. The first-order valence-electron chi connectivity index (χ1n) is 9.03. The van der Waals surface area contributed by atoms with Gasteiger partial charge in [0.15, 0.2) is 5.78 Å².